The molecule has 0 aliphatic carbocycles. The first kappa shape index (κ1) is 21.2. The molecule has 1 atom stereocenters. The summed E-state index contributed by atoms with van der Waals surface area (Å²) in [7, 11) is 1.84. The first-order chi connectivity index (χ1) is 15.8. The molecule has 9 nitrogen and oxygen atoms in total. The number of hydrogen-bond donors (Lipinski definition) is 2. The molecule has 1 aliphatic rings. The zero-order valence-corrected chi connectivity index (χ0v) is 17.9. The molecule has 0 radical (unpaired) electrons. The Labute approximate surface area is 186 Å². The molecular formula is C21H21F3N8O. The molecule has 33 heavy (non-hydrogen) atoms. The molecule has 2 N–H and O–H groups in total. The Morgan fingerprint density at radius 3 is 2.76 bits per heavy atom. The van der Waals surface area contributed by atoms with Crippen molar-refractivity contribution < 1.29 is 17.9 Å². The monoisotopic (exact) mass is 458 g/mol. The fourth-order valence-electron chi connectivity index (χ4n) is 3.63. The van der Waals surface area contributed by atoms with Crippen LogP contribution in [0.5, 0.6) is 5.75 Å². The van der Waals surface area contributed by atoms with Crippen molar-refractivity contribution in [3.63, 3.8) is 0 Å². The van der Waals surface area contributed by atoms with Gasteiger partial charge in [0.1, 0.15) is 18.1 Å². The van der Waals surface area contributed by atoms with E-state index in [1.807, 2.05) is 19.2 Å². The minimum absolute atomic E-state index is 0.0189. The van der Waals surface area contributed by atoms with Gasteiger partial charge in [0.2, 0.25) is 5.82 Å². The van der Waals surface area contributed by atoms with Gasteiger partial charge in [-0.3, -0.25) is 4.68 Å². The smallest absolute Gasteiger partial charge is 0.451 e. The van der Waals surface area contributed by atoms with Gasteiger partial charge in [0.15, 0.2) is 11.6 Å². The molecule has 5 rings (SSSR count). The highest BCUT2D eigenvalue weighted by molar-refractivity contribution is 5.72. The zero-order valence-electron chi connectivity index (χ0n) is 17.9. The maximum atomic E-state index is 13.0. The molecule has 0 amide bonds. The summed E-state index contributed by atoms with van der Waals surface area (Å²) < 4.78 is 48.4. The molecule has 172 valence electrons. The molecule has 12 heteroatoms. The fourth-order valence-corrected chi connectivity index (χ4v) is 3.63. The highest BCUT2D eigenvalue weighted by Gasteiger charge is 2.35. The number of hydrogen-bond acceptors (Lipinski definition) is 7. The summed E-state index contributed by atoms with van der Waals surface area (Å²) in [5.41, 5.74) is 2.65. The molecule has 1 saturated heterocycles. The van der Waals surface area contributed by atoms with Gasteiger partial charge in [-0.2, -0.15) is 23.4 Å². The molecule has 0 saturated carbocycles. The van der Waals surface area contributed by atoms with Crippen molar-refractivity contribution in [3.8, 4) is 17.0 Å². The standard InChI is InChI=1S/C21H21F3N8O/c1-12-7-17(29-20(27-12)21(22,23)24)28-18-9-15-8-13(4-6-32(15)30-18)19-16(10-26-31(19)2)33-11-14-3-5-25-14/h4,6-10,14,25H,3,5,11H2,1-2H3,(H,27,28,29,30)/t14-/m1/s1. The summed E-state index contributed by atoms with van der Waals surface area (Å²) in [6.07, 6.45) is -0.0823. The number of aromatic nitrogens is 6. The van der Waals surface area contributed by atoms with Crippen molar-refractivity contribution in [2.75, 3.05) is 18.5 Å². The van der Waals surface area contributed by atoms with Crippen molar-refractivity contribution in [2.45, 2.75) is 25.6 Å². The Hall–Kier alpha value is -3.67. The number of fused-ring (bicyclic) bond motifs is 1. The lowest BCUT2D eigenvalue weighted by Crippen LogP contribution is -2.46. The second kappa shape index (κ2) is 8.03. The number of halogens is 3. The van der Waals surface area contributed by atoms with E-state index < -0.39 is 12.0 Å². The van der Waals surface area contributed by atoms with Crippen LogP contribution in [0.3, 0.4) is 0 Å². The van der Waals surface area contributed by atoms with Crippen LogP contribution in [0.25, 0.3) is 16.8 Å². The summed E-state index contributed by atoms with van der Waals surface area (Å²) in [4.78, 5) is 7.02. The number of ether oxygens (including phenoxy) is 1. The number of pyridine rings is 1. The number of rotatable bonds is 6. The normalized spacial score (nSPS) is 16.1. The lowest BCUT2D eigenvalue weighted by atomic mass is 10.1. The highest BCUT2D eigenvalue weighted by atomic mass is 19.4. The SMILES string of the molecule is Cc1cc(Nc2cc3cc(-c4c(OC[C@H]5CCN5)cnn4C)ccn3n2)nc(C(F)(F)F)n1. The molecule has 4 aromatic heterocycles. The van der Waals surface area contributed by atoms with E-state index in [1.165, 1.54) is 13.0 Å². The predicted molar refractivity (Wildman–Crippen MR) is 114 cm³/mol. The van der Waals surface area contributed by atoms with E-state index >= 15 is 0 Å². The van der Waals surface area contributed by atoms with E-state index in [0.29, 0.717) is 24.2 Å². The summed E-state index contributed by atoms with van der Waals surface area (Å²) in [6.45, 7) is 3.06. The fraction of sp³-hybridized carbons (Fsp3) is 0.333. The molecule has 0 unspecified atom stereocenters. The highest BCUT2D eigenvalue weighted by Crippen LogP contribution is 2.31. The quantitative estimate of drug-likeness (QED) is 0.458. The van der Waals surface area contributed by atoms with E-state index in [2.05, 4.69) is 30.8 Å². The van der Waals surface area contributed by atoms with Gasteiger partial charge in [-0.15, -0.1) is 0 Å². The molecule has 1 aliphatic heterocycles. The van der Waals surface area contributed by atoms with Crippen molar-refractivity contribution in [1.29, 1.82) is 0 Å². The molecule has 0 aromatic carbocycles. The van der Waals surface area contributed by atoms with Crippen molar-refractivity contribution in [3.05, 3.63) is 48.2 Å². The topological polar surface area (TPSA) is 94.2 Å². The van der Waals surface area contributed by atoms with E-state index in [9.17, 15) is 13.2 Å². The number of nitrogens with one attached hydrogen (secondary N) is 2. The Balaban J connectivity index is 1.41. The Morgan fingerprint density at radius 1 is 1.21 bits per heavy atom. The Kier molecular flexibility index (Phi) is 5.16. The van der Waals surface area contributed by atoms with Gasteiger partial charge in [0, 0.05) is 42.7 Å². The van der Waals surface area contributed by atoms with Crippen LogP contribution in [-0.4, -0.2) is 48.6 Å². The van der Waals surface area contributed by atoms with Crippen LogP contribution in [-0.2, 0) is 13.2 Å². The van der Waals surface area contributed by atoms with Gasteiger partial charge in [-0.25, -0.2) is 14.5 Å². The second-order valence-corrected chi connectivity index (χ2v) is 7.89. The van der Waals surface area contributed by atoms with Gasteiger partial charge in [0.25, 0.3) is 0 Å². The average Bonchev–Trinajstić information content (AvgIpc) is 3.27. The minimum atomic E-state index is -4.63. The van der Waals surface area contributed by atoms with E-state index in [0.717, 1.165) is 29.7 Å². The molecule has 0 spiro atoms. The van der Waals surface area contributed by atoms with Crippen LogP contribution in [0.2, 0.25) is 0 Å². The zero-order chi connectivity index (χ0) is 23.2. The number of aryl methyl sites for hydroxylation is 2. The van der Waals surface area contributed by atoms with Crippen molar-refractivity contribution >= 4 is 17.2 Å². The maximum Gasteiger partial charge on any atom is 0.451 e. The minimum Gasteiger partial charge on any atom is -0.488 e. The largest absolute Gasteiger partial charge is 0.488 e. The van der Waals surface area contributed by atoms with Crippen molar-refractivity contribution in [2.24, 2.45) is 7.05 Å². The Morgan fingerprint density at radius 2 is 2.03 bits per heavy atom. The maximum absolute atomic E-state index is 13.0. The van der Waals surface area contributed by atoms with Crippen LogP contribution < -0.4 is 15.4 Å². The number of anilines is 2. The van der Waals surface area contributed by atoms with E-state index in [-0.39, 0.29) is 11.5 Å². The van der Waals surface area contributed by atoms with Gasteiger partial charge >= 0.3 is 6.18 Å². The molecule has 4 aromatic rings. The Bertz CT molecular complexity index is 1310. The van der Waals surface area contributed by atoms with Crippen molar-refractivity contribution in [1.82, 2.24) is 34.7 Å². The lowest BCUT2D eigenvalue weighted by molar-refractivity contribution is -0.145. The summed E-state index contributed by atoms with van der Waals surface area (Å²) >= 11 is 0. The van der Waals surface area contributed by atoms with E-state index in [1.54, 1.807) is 27.7 Å². The van der Waals surface area contributed by atoms with Crippen LogP contribution in [0.4, 0.5) is 24.8 Å². The van der Waals surface area contributed by atoms with Gasteiger partial charge < -0.3 is 15.4 Å². The molecule has 0 bridgehead atoms. The van der Waals surface area contributed by atoms with Crippen LogP contribution in [0.1, 0.15) is 17.9 Å². The third kappa shape index (κ3) is 4.33. The lowest BCUT2D eigenvalue weighted by Gasteiger charge is -2.27. The van der Waals surface area contributed by atoms with Gasteiger partial charge in [-0.05, 0) is 32.0 Å². The number of nitrogens with zero attached hydrogens (tertiary/aromatic N) is 6. The van der Waals surface area contributed by atoms with Crippen LogP contribution in [0, 0.1) is 6.92 Å². The average molecular weight is 458 g/mol. The van der Waals surface area contributed by atoms with Crippen LogP contribution in [0.15, 0.2) is 36.7 Å². The van der Waals surface area contributed by atoms with Crippen LogP contribution >= 0.6 is 0 Å². The second-order valence-electron chi connectivity index (χ2n) is 7.89. The summed E-state index contributed by atoms with van der Waals surface area (Å²) in [5.74, 6) is -0.136. The predicted octanol–water partition coefficient (Wildman–Crippen LogP) is 3.34. The molecule has 5 heterocycles. The molecular weight excluding hydrogens is 437 g/mol. The first-order valence-corrected chi connectivity index (χ1v) is 10.3. The van der Waals surface area contributed by atoms with Gasteiger partial charge in [0.05, 0.1) is 11.7 Å². The van der Waals surface area contributed by atoms with Gasteiger partial charge in [-0.1, -0.05) is 0 Å². The third-order valence-electron chi connectivity index (χ3n) is 5.37. The third-order valence-corrected chi connectivity index (χ3v) is 5.37. The number of alkyl halides is 3. The first-order valence-electron chi connectivity index (χ1n) is 10.3. The summed E-state index contributed by atoms with van der Waals surface area (Å²) in [6, 6.07) is 7.30. The van der Waals surface area contributed by atoms with E-state index in [4.69, 9.17) is 4.74 Å². The summed E-state index contributed by atoms with van der Waals surface area (Å²) in [5, 5.41) is 14.8. The molecule has 1 fully saturated rings.